The smallest absolute Gasteiger partial charge is 0.300 e. The van der Waals surface area contributed by atoms with Crippen LogP contribution in [0.25, 0.3) is 5.76 Å². The highest BCUT2D eigenvalue weighted by atomic mass is 16.5. The minimum absolute atomic E-state index is 0.00903. The number of aliphatic hydroxyl groups is 1. The van der Waals surface area contributed by atoms with E-state index in [1.165, 1.54) is 19.1 Å². The lowest BCUT2D eigenvalue weighted by Gasteiger charge is -2.27. The number of amides is 1. The second-order valence-corrected chi connectivity index (χ2v) is 8.34. The molecule has 0 spiro atoms. The average molecular weight is 487 g/mol. The second kappa shape index (κ2) is 10.6. The van der Waals surface area contributed by atoms with Crippen LogP contribution in [0, 0.1) is 0 Å². The van der Waals surface area contributed by atoms with Crippen LogP contribution in [0.4, 0.5) is 11.4 Å². The highest BCUT2D eigenvalue weighted by Gasteiger charge is 2.47. The Balaban J connectivity index is 1.93. The molecule has 0 saturated carbocycles. The summed E-state index contributed by atoms with van der Waals surface area (Å²) in [5, 5.41) is 11.4. The summed E-state index contributed by atoms with van der Waals surface area (Å²) in [5.74, 6) is -0.785. The quantitative estimate of drug-likeness (QED) is 0.269. The van der Waals surface area contributed by atoms with Crippen molar-refractivity contribution in [3.05, 3.63) is 89.5 Å². The first-order valence-electron chi connectivity index (χ1n) is 11.9. The largest absolute Gasteiger partial charge is 0.507 e. The van der Waals surface area contributed by atoms with Crippen molar-refractivity contribution in [3.8, 4) is 11.5 Å². The third kappa shape index (κ3) is 4.40. The van der Waals surface area contributed by atoms with Gasteiger partial charge in [0.2, 0.25) is 0 Å². The number of nitrogens with zero attached hydrogens (tertiary/aromatic N) is 2. The molecule has 1 atom stereocenters. The fourth-order valence-electron chi connectivity index (χ4n) is 4.61. The predicted molar refractivity (Wildman–Crippen MR) is 141 cm³/mol. The number of para-hydroxylation sites is 2. The summed E-state index contributed by atoms with van der Waals surface area (Å²) in [6, 6.07) is 20.7. The summed E-state index contributed by atoms with van der Waals surface area (Å²) in [4.78, 5) is 30.5. The molecule has 4 rings (SSSR count). The number of methoxy groups -OCH3 is 2. The molecule has 7 nitrogen and oxygen atoms in total. The first-order chi connectivity index (χ1) is 17.4. The number of rotatable bonds is 8. The standard InChI is InChI=1S/C29H30N2O5/c1-5-30(6-2)21-16-14-19(15-17-21)26-25(27(32)20-10-9-11-22(18-20)35-3)28(33)29(34)31(26)23-12-7-8-13-24(23)36-4/h7-18,26,32H,5-6H2,1-4H3/b27-25-. The van der Waals surface area contributed by atoms with Gasteiger partial charge >= 0.3 is 0 Å². The number of ketones is 1. The van der Waals surface area contributed by atoms with Gasteiger partial charge in [-0.05, 0) is 55.8 Å². The molecule has 1 saturated heterocycles. The van der Waals surface area contributed by atoms with Crippen LogP contribution in [0.1, 0.15) is 31.0 Å². The summed E-state index contributed by atoms with van der Waals surface area (Å²) in [6.07, 6.45) is 0. The topological polar surface area (TPSA) is 79.3 Å². The van der Waals surface area contributed by atoms with Gasteiger partial charge in [0.15, 0.2) is 0 Å². The molecule has 3 aromatic rings. The minimum Gasteiger partial charge on any atom is -0.507 e. The Morgan fingerprint density at radius 3 is 2.25 bits per heavy atom. The number of hydrogen-bond acceptors (Lipinski definition) is 6. The van der Waals surface area contributed by atoms with Gasteiger partial charge in [-0.15, -0.1) is 0 Å². The van der Waals surface area contributed by atoms with E-state index in [2.05, 4.69) is 18.7 Å². The predicted octanol–water partition coefficient (Wildman–Crippen LogP) is 5.18. The van der Waals surface area contributed by atoms with Crippen LogP contribution in [0.15, 0.2) is 78.4 Å². The van der Waals surface area contributed by atoms with Gasteiger partial charge in [0.25, 0.3) is 11.7 Å². The first-order valence-corrected chi connectivity index (χ1v) is 11.9. The Kier molecular flexibility index (Phi) is 7.29. The molecule has 1 N–H and O–H groups in total. The zero-order valence-corrected chi connectivity index (χ0v) is 20.9. The Morgan fingerprint density at radius 1 is 0.917 bits per heavy atom. The molecule has 1 heterocycles. The van der Waals surface area contributed by atoms with Crippen LogP contribution in [-0.4, -0.2) is 44.1 Å². The van der Waals surface area contributed by atoms with E-state index in [0.29, 0.717) is 28.3 Å². The van der Waals surface area contributed by atoms with E-state index < -0.39 is 17.7 Å². The Morgan fingerprint density at radius 2 is 1.61 bits per heavy atom. The number of benzene rings is 3. The van der Waals surface area contributed by atoms with Crippen molar-refractivity contribution in [2.75, 3.05) is 37.1 Å². The van der Waals surface area contributed by atoms with Crippen molar-refractivity contribution in [1.82, 2.24) is 0 Å². The van der Waals surface area contributed by atoms with E-state index >= 15 is 0 Å². The average Bonchev–Trinajstić information content (AvgIpc) is 3.19. The highest BCUT2D eigenvalue weighted by Crippen LogP contribution is 2.45. The van der Waals surface area contributed by atoms with Crippen molar-refractivity contribution < 1.29 is 24.2 Å². The maximum Gasteiger partial charge on any atom is 0.300 e. The summed E-state index contributed by atoms with van der Waals surface area (Å²) < 4.78 is 10.8. The van der Waals surface area contributed by atoms with E-state index in [0.717, 1.165) is 18.8 Å². The molecule has 1 amide bonds. The van der Waals surface area contributed by atoms with Crippen LogP contribution >= 0.6 is 0 Å². The molecular formula is C29H30N2O5. The van der Waals surface area contributed by atoms with Gasteiger partial charge in [-0.2, -0.15) is 0 Å². The number of hydrogen-bond donors (Lipinski definition) is 1. The van der Waals surface area contributed by atoms with Crippen LogP contribution in [0.5, 0.6) is 11.5 Å². The van der Waals surface area contributed by atoms with Gasteiger partial charge < -0.3 is 19.5 Å². The Hall–Kier alpha value is -4.26. The summed E-state index contributed by atoms with van der Waals surface area (Å²) in [6.45, 7) is 5.88. The normalized spacial score (nSPS) is 16.8. The highest BCUT2D eigenvalue weighted by molar-refractivity contribution is 6.52. The van der Waals surface area contributed by atoms with Crippen molar-refractivity contribution in [2.45, 2.75) is 19.9 Å². The van der Waals surface area contributed by atoms with E-state index in [1.54, 1.807) is 48.5 Å². The Labute approximate surface area is 211 Å². The monoisotopic (exact) mass is 486 g/mol. The molecule has 0 radical (unpaired) electrons. The molecule has 1 aliphatic rings. The molecule has 36 heavy (non-hydrogen) atoms. The maximum absolute atomic E-state index is 13.4. The van der Waals surface area contributed by atoms with Crippen molar-refractivity contribution in [2.24, 2.45) is 0 Å². The minimum atomic E-state index is -0.849. The number of carbonyl (C=O) groups excluding carboxylic acids is 2. The van der Waals surface area contributed by atoms with Crippen LogP contribution < -0.4 is 19.3 Å². The third-order valence-electron chi connectivity index (χ3n) is 6.47. The number of anilines is 2. The van der Waals surface area contributed by atoms with Crippen molar-refractivity contribution in [1.29, 1.82) is 0 Å². The van der Waals surface area contributed by atoms with Gasteiger partial charge in [-0.1, -0.05) is 36.4 Å². The molecule has 7 heteroatoms. The van der Waals surface area contributed by atoms with E-state index in [1.807, 2.05) is 24.3 Å². The zero-order chi connectivity index (χ0) is 25.8. The molecule has 0 bridgehead atoms. The van der Waals surface area contributed by atoms with Gasteiger partial charge in [0.05, 0.1) is 31.5 Å². The SMILES string of the molecule is CCN(CC)c1ccc(C2/C(=C(/O)c3cccc(OC)c3)C(=O)C(=O)N2c2ccccc2OC)cc1. The van der Waals surface area contributed by atoms with Crippen LogP contribution in [-0.2, 0) is 9.59 Å². The number of aliphatic hydroxyl groups excluding tert-OH is 1. The maximum atomic E-state index is 13.4. The number of Topliss-reactive ketones (excluding diaryl/α,β-unsaturated/α-hetero) is 1. The van der Waals surface area contributed by atoms with E-state index in [9.17, 15) is 14.7 Å². The number of carbonyl (C=O) groups is 2. The molecule has 0 aliphatic carbocycles. The van der Waals surface area contributed by atoms with Crippen molar-refractivity contribution >= 4 is 28.8 Å². The van der Waals surface area contributed by atoms with Gasteiger partial charge in [0, 0.05) is 24.3 Å². The van der Waals surface area contributed by atoms with Crippen LogP contribution in [0.3, 0.4) is 0 Å². The zero-order valence-electron chi connectivity index (χ0n) is 20.9. The fraction of sp³-hybridized carbons (Fsp3) is 0.241. The van der Waals surface area contributed by atoms with E-state index in [4.69, 9.17) is 9.47 Å². The Bertz CT molecular complexity index is 1300. The molecule has 1 fully saturated rings. The van der Waals surface area contributed by atoms with Gasteiger partial charge in [0.1, 0.15) is 17.3 Å². The lowest BCUT2D eigenvalue weighted by atomic mass is 9.94. The third-order valence-corrected chi connectivity index (χ3v) is 6.47. The second-order valence-electron chi connectivity index (χ2n) is 8.34. The van der Waals surface area contributed by atoms with Crippen LogP contribution in [0.2, 0.25) is 0 Å². The van der Waals surface area contributed by atoms with Crippen molar-refractivity contribution in [3.63, 3.8) is 0 Å². The summed E-state index contributed by atoms with van der Waals surface area (Å²) in [7, 11) is 3.04. The summed E-state index contributed by atoms with van der Waals surface area (Å²) >= 11 is 0. The molecular weight excluding hydrogens is 456 g/mol. The number of ether oxygens (including phenoxy) is 2. The lowest BCUT2D eigenvalue weighted by molar-refractivity contribution is -0.132. The van der Waals surface area contributed by atoms with Gasteiger partial charge in [-0.3, -0.25) is 14.5 Å². The molecule has 3 aromatic carbocycles. The fourth-order valence-corrected chi connectivity index (χ4v) is 4.61. The summed E-state index contributed by atoms with van der Waals surface area (Å²) in [5.41, 5.74) is 2.57. The van der Waals surface area contributed by atoms with E-state index in [-0.39, 0.29) is 11.3 Å². The molecule has 186 valence electrons. The molecule has 1 aliphatic heterocycles. The molecule has 0 aromatic heterocycles. The lowest BCUT2D eigenvalue weighted by Crippen LogP contribution is -2.30. The molecule has 1 unspecified atom stereocenters. The first kappa shape index (κ1) is 24.9. The van der Waals surface area contributed by atoms with Gasteiger partial charge in [-0.25, -0.2) is 0 Å².